The number of carbonyl (C=O) groups is 2. The smallest absolute Gasteiger partial charge is 0.330 e. The lowest BCUT2D eigenvalue weighted by Gasteiger charge is -2.30. The SMILES string of the molecule is CCOC(=O)/C=C/C1CCN(C(=O)CCc2ccccc2)CC1. The number of carbonyl (C=O) groups excluding carboxylic acids is 2. The quantitative estimate of drug-likeness (QED) is 0.599. The topological polar surface area (TPSA) is 46.6 Å². The van der Waals surface area contributed by atoms with Crippen LogP contribution in [0.15, 0.2) is 42.5 Å². The van der Waals surface area contributed by atoms with Gasteiger partial charge < -0.3 is 9.64 Å². The Hall–Kier alpha value is -2.10. The summed E-state index contributed by atoms with van der Waals surface area (Å²) >= 11 is 0. The van der Waals surface area contributed by atoms with E-state index in [4.69, 9.17) is 4.74 Å². The van der Waals surface area contributed by atoms with Gasteiger partial charge in [0.2, 0.25) is 5.91 Å². The molecule has 0 saturated carbocycles. The molecule has 1 aromatic rings. The second kappa shape index (κ2) is 9.13. The Kier molecular flexibility index (Phi) is 6.85. The number of ether oxygens (including phenoxy) is 1. The molecule has 4 nitrogen and oxygen atoms in total. The van der Waals surface area contributed by atoms with Crippen molar-refractivity contribution in [1.29, 1.82) is 0 Å². The summed E-state index contributed by atoms with van der Waals surface area (Å²) < 4.78 is 4.88. The highest BCUT2D eigenvalue weighted by Gasteiger charge is 2.21. The molecule has 1 amide bonds. The van der Waals surface area contributed by atoms with Gasteiger partial charge in [-0.25, -0.2) is 4.79 Å². The standard InChI is InChI=1S/C19H25NO3/c1-2-23-19(22)11-9-17-12-14-20(15-13-17)18(21)10-8-16-6-4-3-5-7-16/h3-7,9,11,17H,2,8,10,12-15H2,1H3/b11-9+. The van der Waals surface area contributed by atoms with Crippen LogP contribution in [0.5, 0.6) is 0 Å². The highest BCUT2D eigenvalue weighted by atomic mass is 16.5. The van der Waals surface area contributed by atoms with Crippen LogP contribution in [-0.4, -0.2) is 36.5 Å². The third-order valence-corrected chi connectivity index (χ3v) is 4.15. The second-order valence-corrected chi connectivity index (χ2v) is 5.81. The van der Waals surface area contributed by atoms with Crippen LogP contribution in [0, 0.1) is 5.92 Å². The van der Waals surface area contributed by atoms with Gasteiger partial charge in [-0.2, -0.15) is 0 Å². The maximum atomic E-state index is 12.3. The number of benzene rings is 1. The van der Waals surface area contributed by atoms with E-state index in [1.807, 2.05) is 29.2 Å². The van der Waals surface area contributed by atoms with E-state index in [0.29, 0.717) is 18.9 Å². The Morgan fingerprint density at radius 2 is 1.91 bits per heavy atom. The van der Waals surface area contributed by atoms with Gasteiger partial charge in [0.05, 0.1) is 6.61 Å². The maximum absolute atomic E-state index is 12.3. The largest absolute Gasteiger partial charge is 0.463 e. The maximum Gasteiger partial charge on any atom is 0.330 e. The van der Waals surface area contributed by atoms with Crippen LogP contribution in [0.2, 0.25) is 0 Å². The molecule has 0 bridgehead atoms. The first kappa shape index (κ1) is 17.3. The lowest BCUT2D eigenvalue weighted by atomic mass is 9.96. The van der Waals surface area contributed by atoms with Crippen LogP contribution in [-0.2, 0) is 20.7 Å². The molecule has 1 aliphatic rings. The van der Waals surface area contributed by atoms with Crippen molar-refractivity contribution in [2.24, 2.45) is 5.92 Å². The number of hydrogen-bond donors (Lipinski definition) is 0. The number of nitrogens with zero attached hydrogens (tertiary/aromatic N) is 1. The van der Waals surface area contributed by atoms with Crippen molar-refractivity contribution in [2.75, 3.05) is 19.7 Å². The van der Waals surface area contributed by atoms with Crippen molar-refractivity contribution >= 4 is 11.9 Å². The van der Waals surface area contributed by atoms with E-state index in [1.54, 1.807) is 6.92 Å². The van der Waals surface area contributed by atoms with Crippen LogP contribution >= 0.6 is 0 Å². The molecule has 0 unspecified atom stereocenters. The Morgan fingerprint density at radius 1 is 1.22 bits per heavy atom. The highest BCUT2D eigenvalue weighted by Crippen LogP contribution is 2.19. The second-order valence-electron chi connectivity index (χ2n) is 5.81. The minimum atomic E-state index is -0.283. The molecule has 1 fully saturated rings. The van der Waals surface area contributed by atoms with E-state index in [1.165, 1.54) is 11.6 Å². The van der Waals surface area contributed by atoms with Crippen molar-refractivity contribution in [3.05, 3.63) is 48.0 Å². The van der Waals surface area contributed by atoms with E-state index >= 15 is 0 Å². The first-order chi connectivity index (χ1) is 11.2. The molecule has 0 spiro atoms. The molecule has 23 heavy (non-hydrogen) atoms. The molecule has 0 atom stereocenters. The lowest BCUT2D eigenvalue weighted by Crippen LogP contribution is -2.38. The molecule has 1 aliphatic heterocycles. The number of likely N-dealkylation sites (tertiary alicyclic amines) is 1. The van der Waals surface area contributed by atoms with Gasteiger partial charge in [0.15, 0.2) is 0 Å². The summed E-state index contributed by atoms with van der Waals surface area (Å²) in [5.74, 6) is 0.299. The van der Waals surface area contributed by atoms with Crippen molar-refractivity contribution in [2.45, 2.75) is 32.6 Å². The monoisotopic (exact) mass is 315 g/mol. The molecular weight excluding hydrogens is 290 g/mol. The third-order valence-electron chi connectivity index (χ3n) is 4.15. The molecule has 0 aliphatic carbocycles. The van der Waals surface area contributed by atoms with Crippen molar-refractivity contribution in [3.63, 3.8) is 0 Å². The summed E-state index contributed by atoms with van der Waals surface area (Å²) in [6.45, 7) is 3.74. The normalized spacial score (nSPS) is 15.8. The van der Waals surface area contributed by atoms with Gasteiger partial charge in [-0.15, -0.1) is 0 Å². The van der Waals surface area contributed by atoms with Crippen LogP contribution < -0.4 is 0 Å². The molecule has 1 heterocycles. The van der Waals surface area contributed by atoms with Gasteiger partial charge in [0.25, 0.3) is 0 Å². The fourth-order valence-electron chi connectivity index (χ4n) is 2.80. The van der Waals surface area contributed by atoms with E-state index in [9.17, 15) is 9.59 Å². The van der Waals surface area contributed by atoms with Crippen molar-refractivity contribution < 1.29 is 14.3 Å². The Bertz CT molecular complexity index is 531. The molecular formula is C19H25NO3. The first-order valence-electron chi connectivity index (χ1n) is 8.35. The first-order valence-corrected chi connectivity index (χ1v) is 8.35. The predicted octanol–water partition coefficient (Wildman–Crippen LogP) is 2.98. The lowest BCUT2D eigenvalue weighted by molar-refractivity contribution is -0.137. The molecule has 0 N–H and O–H groups in total. The molecule has 124 valence electrons. The number of hydrogen-bond acceptors (Lipinski definition) is 3. The predicted molar refractivity (Wildman–Crippen MR) is 89.8 cm³/mol. The minimum absolute atomic E-state index is 0.224. The van der Waals surface area contributed by atoms with E-state index in [2.05, 4.69) is 12.1 Å². The number of rotatable bonds is 6. The van der Waals surface area contributed by atoms with E-state index in [0.717, 1.165) is 32.4 Å². The van der Waals surface area contributed by atoms with Gasteiger partial charge in [-0.3, -0.25) is 4.79 Å². The molecule has 1 saturated heterocycles. The number of aryl methyl sites for hydroxylation is 1. The Labute approximate surface area is 138 Å². The molecule has 2 rings (SSSR count). The third kappa shape index (κ3) is 5.89. The van der Waals surface area contributed by atoms with Gasteiger partial charge in [0.1, 0.15) is 0 Å². The van der Waals surface area contributed by atoms with Crippen molar-refractivity contribution in [3.8, 4) is 0 Å². The molecule has 1 aromatic carbocycles. The zero-order valence-electron chi connectivity index (χ0n) is 13.7. The van der Waals surface area contributed by atoms with E-state index in [-0.39, 0.29) is 11.9 Å². The minimum Gasteiger partial charge on any atom is -0.463 e. The average Bonchev–Trinajstić information content (AvgIpc) is 2.59. The highest BCUT2D eigenvalue weighted by molar-refractivity contribution is 5.81. The van der Waals surface area contributed by atoms with E-state index < -0.39 is 0 Å². The Balaban J connectivity index is 1.71. The fraction of sp³-hybridized carbons (Fsp3) is 0.474. The fourth-order valence-corrected chi connectivity index (χ4v) is 2.80. The zero-order valence-corrected chi connectivity index (χ0v) is 13.7. The van der Waals surface area contributed by atoms with Crippen LogP contribution in [0.4, 0.5) is 0 Å². The van der Waals surface area contributed by atoms with Gasteiger partial charge in [0, 0.05) is 25.6 Å². The summed E-state index contributed by atoms with van der Waals surface area (Å²) in [6.07, 6.45) is 6.61. The number of piperidine rings is 1. The summed E-state index contributed by atoms with van der Waals surface area (Å²) in [7, 11) is 0. The van der Waals surface area contributed by atoms with Gasteiger partial charge in [-0.05, 0) is 37.7 Å². The number of amides is 1. The molecule has 0 radical (unpaired) electrons. The summed E-state index contributed by atoms with van der Waals surface area (Å²) in [5, 5.41) is 0. The van der Waals surface area contributed by atoms with Crippen molar-refractivity contribution in [1.82, 2.24) is 4.90 Å². The Morgan fingerprint density at radius 3 is 2.57 bits per heavy atom. The van der Waals surface area contributed by atoms with Crippen LogP contribution in [0.25, 0.3) is 0 Å². The molecule has 4 heteroatoms. The number of allylic oxidation sites excluding steroid dienone is 1. The number of esters is 1. The summed E-state index contributed by atoms with van der Waals surface area (Å²) in [4.78, 5) is 25.5. The van der Waals surface area contributed by atoms with Crippen LogP contribution in [0.3, 0.4) is 0 Å². The van der Waals surface area contributed by atoms with Gasteiger partial charge >= 0.3 is 5.97 Å². The zero-order chi connectivity index (χ0) is 16.5. The summed E-state index contributed by atoms with van der Waals surface area (Å²) in [6, 6.07) is 10.1. The molecule has 0 aromatic heterocycles. The average molecular weight is 315 g/mol. The van der Waals surface area contributed by atoms with Gasteiger partial charge in [-0.1, -0.05) is 36.4 Å². The summed E-state index contributed by atoms with van der Waals surface area (Å²) in [5.41, 5.74) is 1.20. The van der Waals surface area contributed by atoms with Crippen LogP contribution in [0.1, 0.15) is 31.7 Å².